The van der Waals surface area contributed by atoms with Gasteiger partial charge in [0, 0.05) is 15.0 Å². The van der Waals surface area contributed by atoms with Crippen molar-refractivity contribution >= 4 is 34.2 Å². The molecule has 1 aliphatic rings. The second-order valence-electron chi connectivity index (χ2n) is 5.16. The molecule has 1 atom stereocenters. The molecule has 0 amide bonds. The van der Waals surface area contributed by atoms with Gasteiger partial charge in [0.05, 0.1) is 13.2 Å². The molecule has 2 nitrogen and oxygen atoms in total. The van der Waals surface area contributed by atoms with Crippen LogP contribution in [-0.4, -0.2) is 19.3 Å². The van der Waals surface area contributed by atoms with Crippen molar-refractivity contribution in [3.8, 4) is 5.75 Å². The van der Waals surface area contributed by atoms with Gasteiger partial charge in [-0.05, 0) is 70.5 Å². The van der Waals surface area contributed by atoms with Crippen molar-refractivity contribution in [2.24, 2.45) is 0 Å². The fraction of sp³-hybridized carbons (Fsp3) is 0.294. The molecular weight excluding hydrogens is 399 g/mol. The van der Waals surface area contributed by atoms with Crippen LogP contribution in [0.3, 0.4) is 0 Å². The van der Waals surface area contributed by atoms with Gasteiger partial charge >= 0.3 is 0 Å². The molecule has 3 rings (SSSR count). The molecule has 0 aromatic heterocycles. The van der Waals surface area contributed by atoms with Crippen molar-refractivity contribution in [3.63, 3.8) is 0 Å². The Hall–Kier alpha value is -0.780. The van der Waals surface area contributed by atoms with E-state index in [0.717, 1.165) is 35.8 Å². The molecule has 1 saturated heterocycles. The van der Waals surface area contributed by atoms with E-state index >= 15 is 0 Å². The molecule has 21 heavy (non-hydrogen) atoms. The SMILES string of the molecule is Clc1ccc(I)cc1Cc1cccc(OC2CCOC2)c1. The highest BCUT2D eigenvalue weighted by Crippen LogP contribution is 2.24. The lowest BCUT2D eigenvalue weighted by Crippen LogP contribution is -2.15. The van der Waals surface area contributed by atoms with Crippen molar-refractivity contribution in [2.45, 2.75) is 18.9 Å². The lowest BCUT2D eigenvalue weighted by Gasteiger charge is -2.13. The minimum Gasteiger partial charge on any atom is -0.488 e. The number of rotatable bonds is 4. The van der Waals surface area contributed by atoms with E-state index in [9.17, 15) is 0 Å². The minimum absolute atomic E-state index is 0.182. The van der Waals surface area contributed by atoms with E-state index in [4.69, 9.17) is 21.1 Å². The average molecular weight is 415 g/mol. The zero-order chi connectivity index (χ0) is 14.7. The average Bonchev–Trinajstić information content (AvgIpc) is 2.96. The topological polar surface area (TPSA) is 18.5 Å². The van der Waals surface area contributed by atoms with Crippen molar-refractivity contribution in [2.75, 3.05) is 13.2 Å². The van der Waals surface area contributed by atoms with Gasteiger partial charge in [0.15, 0.2) is 0 Å². The lowest BCUT2D eigenvalue weighted by atomic mass is 10.0. The van der Waals surface area contributed by atoms with Gasteiger partial charge < -0.3 is 9.47 Å². The van der Waals surface area contributed by atoms with Crippen LogP contribution >= 0.6 is 34.2 Å². The van der Waals surface area contributed by atoms with Crippen LogP contribution in [0, 0.1) is 3.57 Å². The summed E-state index contributed by atoms with van der Waals surface area (Å²) in [5.41, 5.74) is 2.35. The van der Waals surface area contributed by atoms with Crippen LogP contribution in [0.1, 0.15) is 17.5 Å². The summed E-state index contributed by atoms with van der Waals surface area (Å²) < 4.78 is 12.5. The van der Waals surface area contributed by atoms with Gasteiger partial charge in [-0.15, -0.1) is 0 Å². The first kappa shape index (κ1) is 15.1. The van der Waals surface area contributed by atoms with Gasteiger partial charge in [-0.1, -0.05) is 23.7 Å². The molecule has 0 bridgehead atoms. The van der Waals surface area contributed by atoms with Crippen molar-refractivity contribution in [3.05, 3.63) is 62.2 Å². The summed E-state index contributed by atoms with van der Waals surface area (Å²) in [5.74, 6) is 0.907. The molecule has 0 spiro atoms. The molecule has 1 fully saturated rings. The first-order valence-electron chi connectivity index (χ1n) is 6.98. The normalized spacial score (nSPS) is 17.9. The monoisotopic (exact) mass is 414 g/mol. The van der Waals surface area contributed by atoms with E-state index in [1.165, 1.54) is 9.13 Å². The zero-order valence-corrected chi connectivity index (χ0v) is 14.4. The Morgan fingerprint density at radius 2 is 2.14 bits per heavy atom. The summed E-state index contributed by atoms with van der Waals surface area (Å²) in [6, 6.07) is 14.3. The zero-order valence-electron chi connectivity index (χ0n) is 11.5. The Kier molecular flexibility index (Phi) is 5.03. The smallest absolute Gasteiger partial charge is 0.124 e. The van der Waals surface area contributed by atoms with Gasteiger partial charge in [-0.25, -0.2) is 0 Å². The summed E-state index contributed by atoms with van der Waals surface area (Å²) >= 11 is 8.58. The van der Waals surface area contributed by atoms with Crippen molar-refractivity contribution in [1.82, 2.24) is 0 Å². The first-order valence-corrected chi connectivity index (χ1v) is 8.43. The predicted molar refractivity (Wildman–Crippen MR) is 93.3 cm³/mol. The lowest BCUT2D eigenvalue weighted by molar-refractivity contribution is 0.141. The highest BCUT2D eigenvalue weighted by molar-refractivity contribution is 14.1. The van der Waals surface area contributed by atoms with Crippen LogP contribution in [0.15, 0.2) is 42.5 Å². The van der Waals surface area contributed by atoms with Gasteiger partial charge in [0.25, 0.3) is 0 Å². The fourth-order valence-electron chi connectivity index (χ4n) is 2.43. The summed E-state index contributed by atoms with van der Waals surface area (Å²) in [7, 11) is 0. The van der Waals surface area contributed by atoms with E-state index < -0.39 is 0 Å². The Morgan fingerprint density at radius 3 is 2.95 bits per heavy atom. The third kappa shape index (κ3) is 4.11. The van der Waals surface area contributed by atoms with Crippen LogP contribution in [0.2, 0.25) is 5.02 Å². The Bertz CT molecular complexity index is 624. The van der Waals surface area contributed by atoms with Gasteiger partial charge in [-0.3, -0.25) is 0 Å². The Morgan fingerprint density at radius 1 is 1.24 bits per heavy atom. The Balaban J connectivity index is 1.74. The van der Waals surface area contributed by atoms with Crippen LogP contribution in [0.25, 0.3) is 0 Å². The number of benzene rings is 2. The van der Waals surface area contributed by atoms with E-state index in [-0.39, 0.29) is 6.10 Å². The summed E-state index contributed by atoms with van der Waals surface area (Å²) in [4.78, 5) is 0. The number of ether oxygens (including phenoxy) is 2. The maximum absolute atomic E-state index is 6.27. The molecule has 0 radical (unpaired) electrons. The molecule has 0 aliphatic carbocycles. The number of hydrogen-bond donors (Lipinski definition) is 0. The highest BCUT2D eigenvalue weighted by atomic mass is 127. The third-order valence-electron chi connectivity index (χ3n) is 3.49. The van der Waals surface area contributed by atoms with E-state index in [0.29, 0.717) is 6.61 Å². The predicted octanol–water partition coefficient (Wildman–Crippen LogP) is 4.70. The third-order valence-corrected chi connectivity index (χ3v) is 4.53. The van der Waals surface area contributed by atoms with Crippen LogP contribution in [0.5, 0.6) is 5.75 Å². The van der Waals surface area contributed by atoms with Gasteiger partial charge in [0.1, 0.15) is 11.9 Å². The fourth-order valence-corrected chi connectivity index (χ4v) is 3.17. The van der Waals surface area contributed by atoms with Gasteiger partial charge in [0.2, 0.25) is 0 Å². The molecule has 1 heterocycles. The second-order valence-corrected chi connectivity index (χ2v) is 6.82. The molecule has 0 N–H and O–H groups in total. The summed E-state index contributed by atoms with van der Waals surface area (Å²) in [6.45, 7) is 1.48. The second kappa shape index (κ2) is 6.99. The standard InChI is InChI=1S/C17H16ClIO2/c18-17-5-4-14(19)10-13(17)8-12-2-1-3-15(9-12)21-16-6-7-20-11-16/h1-5,9-10,16H,6-8,11H2. The first-order chi connectivity index (χ1) is 10.2. The minimum atomic E-state index is 0.182. The quantitative estimate of drug-likeness (QED) is 0.675. The van der Waals surface area contributed by atoms with E-state index in [2.05, 4.69) is 40.8 Å². The van der Waals surface area contributed by atoms with Crippen LogP contribution < -0.4 is 4.74 Å². The highest BCUT2D eigenvalue weighted by Gasteiger charge is 2.17. The van der Waals surface area contributed by atoms with Crippen molar-refractivity contribution < 1.29 is 9.47 Å². The summed E-state index contributed by atoms with van der Waals surface area (Å²) in [5, 5.41) is 0.811. The van der Waals surface area contributed by atoms with E-state index in [1.54, 1.807) is 0 Å². The number of halogens is 2. The molecule has 1 aliphatic heterocycles. The Labute approximate surface area is 143 Å². The number of hydrogen-bond acceptors (Lipinski definition) is 2. The van der Waals surface area contributed by atoms with Crippen molar-refractivity contribution in [1.29, 1.82) is 0 Å². The largest absolute Gasteiger partial charge is 0.488 e. The molecular formula is C17H16ClIO2. The molecule has 2 aromatic rings. The van der Waals surface area contributed by atoms with Crippen LogP contribution in [-0.2, 0) is 11.2 Å². The molecule has 1 unspecified atom stereocenters. The van der Waals surface area contributed by atoms with Gasteiger partial charge in [-0.2, -0.15) is 0 Å². The van der Waals surface area contributed by atoms with E-state index in [1.807, 2.05) is 24.3 Å². The maximum atomic E-state index is 6.27. The molecule has 2 aromatic carbocycles. The summed E-state index contributed by atoms with van der Waals surface area (Å²) in [6.07, 6.45) is 1.96. The van der Waals surface area contributed by atoms with Crippen LogP contribution in [0.4, 0.5) is 0 Å². The molecule has 0 saturated carbocycles. The molecule has 110 valence electrons. The maximum Gasteiger partial charge on any atom is 0.124 e. The molecule has 4 heteroatoms.